The van der Waals surface area contributed by atoms with Crippen molar-refractivity contribution in [1.29, 1.82) is 0 Å². The number of carbonyl (C=O) groups is 1. The molecule has 0 atom stereocenters. The van der Waals surface area contributed by atoms with Gasteiger partial charge in [-0.05, 0) is 36.8 Å². The quantitative estimate of drug-likeness (QED) is 0.835. The Bertz CT molecular complexity index is 697. The second-order valence-corrected chi connectivity index (χ2v) is 4.98. The lowest BCUT2D eigenvalue weighted by Crippen LogP contribution is -2.11. The third-order valence-electron chi connectivity index (χ3n) is 2.59. The standard InChI is InChI=1S/C15H12FNO2S/c1-10-7-12(16)4-5-14(10)17-15(19)11-8-13(20-9-11)3-2-6-18/h4-5,7-9,18H,6H2,1H3,(H,17,19). The van der Waals surface area contributed by atoms with Gasteiger partial charge in [-0.1, -0.05) is 11.8 Å². The first-order valence-electron chi connectivity index (χ1n) is 5.86. The van der Waals surface area contributed by atoms with Crippen LogP contribution in [0, 0.1) is 24.6 Å². The van der Waals surface area contributed by atoms with E-state index in [4.69, 9.17) is 5.11 Å². The minimum Gasteiger partial charge on any atom is -0.384 e. The molecule has 20 heavy (non-hydrogen) atoms. The van der Waals surface area contributed by atoms with Gasteiger partial charge in [0.25, 0.3) is 5.91 Å². The number of aryl methyl sites for hydroxylation is 1. The number of thiophene rings is 1. The Balaban J connectivity index is 2.13. The lowest BCUT2D eigenvalue weighted by atomic mass is 10.2. The number of benzene rings is 1. The molecule has 0 aliphatic carbocycles. The maximum atomic E-state index is 13.0. The third kappa shape index (κ3) is 3.44. The minimum absolute atomic E-state index is 0.214. The lowest BCUT2D eigenvalue weighted by Gasteiger charge is -2.07. The van der Waals surface area contributed by atoms with Gasteiger partial charge >= 0.3 is 0 Å². The SMILES string of the molecule is Cc1cc(F)ccc1NC(=O)c1csc(C#CCO)c1. The summed E-state index contributed by atoms with van der Waals surface area (Å²) in [6, 6.07) is 5.85. The molecule has 2 N–H and O–H groups in total. The molecular formula is C15H12FNO2S. The molecule has 102 valence electrons. The zero-order chi connectivity index (χ0) is 14.5. The number of amides is 1. The Kier molecular flexibility index (Phi) is 4.51. The normalized spacial score (nSPS) is 9.75. The van der Waals surface area contributed by atoms with Crippen LogP contribution >= 0.6 is 11.3 Å². The first kappa shape index (κ1) is 14.3. The number of nitrogens with one attached hydrogen (secondary N) is 1. The van der Waals surface area contributed by atoms with Crippen LogP contribution in [0.5, 0.6) is 0 Å². The van der Waals surface area contributed by atoms with E-state index in [-0.39, 0.29) is 18.3 Å². The van der Waals surface area contributed by atoms with Crippen LogP contribution in [0.2, 0.25) is 0 Å². The summed E-state index contributed by atoms with van der Waals surface area (Å²) in [4.78, 5) is 12.8. The molecule has 2 rings (SSSR count). The molecule has 1 aromatic carbocycles. The van der Waals surface area contributed by atoms with E-state index in [1.807, 2.05) is 0 Å². The molecule has 0 aliphatic heterocycles. The van der Waals surface area contributed by atoms with Gasteiger partial charge in [0.15, 0.2) is 0 Å². The maximum Gasteiger partial charge on any atom is 0.256 e. The Morgan fingerprint density at radius 1 is 1.45 bits per heavy atom. The molecule has 0 fully saturated rings. The van der Waals surface area contributed by atoms with Crippen molar-refractivity contribution < 1.29 is 14.3 Å². The smallest absolute Gasteiger partial charge is 0.256 e. The van der Waals surface area contributed by atoms with Crippen LogP contribution < -0.4 is 5.32 Å². The highest BCUT2D eigenvalue weighted by Crippen LogP contribution is 2.19. The Labute approximate surface area is 120 Å². The Hall–Kier alpha value is -2.16. The van der Waals surface area contributed by atoms with Crippen molar-refractivity contribution >= 4 is 22.9 Å². The van der Waals surface area contributed by atoms with Crippen LogP contribution in [0.15, 0.2) is 29.6 Å². The number of hydrogen-bond donors (Lipinski definition) is 2. The van der Waals surface area contributed by atoms with E-state index in [1.165, 1.54) is 29.5 Å². The summed E-state index contributed by atoms with van der Waals surface area (Å²) >= 11 is 1.33. The number of rotatable bonds is 2. The van der Waals surface area contributed by atoms with Crippen molar-refractivity contribution in [3.05, 3.63) is 51.5 Å². The van der Waals surface area contributed by atoms with E-state index in [1.54, 1.807) is 18.4 Å². The molecule has 0 spiro atoms. The van der Waals surface area contributed by atoms with Crippen LogP contribution in [-0.4, -0.2) is 17.6 Å². The van der Waals surface area contributed by atoms with Crippen LogP contribution in [0.4, 0.5) is 10.1 Å². The third-order valence-corrected chi connectivity index (χ3v) is 3.43. The average Bonchev–Trinajstić information content (AvgIpc) is 2.88. The summed E-state index contributed by atoms with van der Waals surface area (Å²) in [5, 5.41) is 13.0. The van der Waals surface area contributed by atoms with Crippen LogP contribution in [0.1, 0.15) is 20.8 Å². The van der Waals surface area contributed by atoms with Gasteiger partial charge in [0.1, 0.15) is 12.4 Å². The number of carbonyl (C=O) groups excluding carboxylic acids is 1. The van der Waals surface area contributed by atoms with Gasteiger partial charge in [-0.15, -0.1) is 11.3 Å². The van der Waals surface area contributed by atoms with E-state index < -0.39 is 0 Å². The first-order valence-corrected chi connectivity index (χ1v) is 6.74. The van der Waals surface area contributed by atoms with Gasteiger partial charge in [0, 0.05) is 11.1 Å². The van der Waals surface area contributed by atoms with Crippen molar-refractivity contribution in [2.75, 3.05) is 11.9 Å². The highest BCUT2D eigenvalue weighted by atomic mass is 32.1. The number of anilines is 1. The van der Waals surface area contributed by atoms with Gasteiger partial charge in [0.05, 0.1) is 10.4 Å². The van der Waals surface area contributed by atoms with E-state index >= 15 is 0 Å². The molecule has 2 aromatic rings. The summed E-state index contributed by atoms with van der Waals surface area (Å²) in [7, 11) is 0. The Morgan fingerprint density at radius 2 is 2.25 bits per heavy atom. The number of halogens is 1. The van der Waals surface area contributed by atoms with Crippen LogP contribution in [0.3, 0.4) is 0 Å². The second-order valence-electron chi connectivity index (χ2n) is 4.07. The van der Waals surface area contributed by atoms with Crippen molar-refractivity contribution in [3.8, 4) is 11.8 Å². The minimum atomic E-state index is -0.336. The predicted octanol–water partition coefficient (Wildman–Crippen LogP) is 2.79. The predicted molar refractivity (Wildman–Crippen MR) is 77.4 cm³/mol. The molecule has 0 radical (unpaired) electrons. The average molecular weight is 289 g/mol. The molecule has 0 saturated heterocycles. The van der Waals surface area contributed by atoms with Crippen molar-refractivity contribution in [2.45, 2.75) is 6.92 Å². The zero-order valence-corrected chi connectivity index (χ0v) is 11.6. The van der Waals surface area contributed by atoms with Gasteiger partial charge in [-0.3, -0.25) is 4.79 Å². The maximum absolute atomic E-state index is 13.0. The van der Waals surface area contributed by atoms with Gasteiger partial charge in [-0.2, -0.15) is 0 Å². The highest BCUT2D eigenvalue weighted by molar-refractivity contribution is 7.10. The molecule has 1 heterocycles. The zero-order valence-electron chi connectivity index (χ0n) is 10.7. The monoisotopic (exact) mass is 289 g/mol. The molecule has 5 heteroatoms. The summed E-state index contributed by atoms with van der Waals surface area (Å²) in [5.41, 5.74) is 1.72. The number of aliphatic hydroxyl groups excluding tert-OH is 1. The lowest BCUT2D eigenvalue weighted by molar-refractivity contribution is 0.102. The number of hydrogen-bond acceptors (Lipinski definition) is 3. The van der Waals surface area contributed by atoms with Crippen LogP contribution in [-0.2, 0) is 0 Å². The Morgan fingerprint density at radius 3 is 2.95 bits per heavy atom. The van der Waals surface area contributed by atoms with E-state index in [2.05, 4.69) is 17.2 Å². The van der Waals surface area contributed by atoms with E-state index in [0.717, 1.165) is 0 Å². The molecule has 0 saturated carbocycles. The van der Waals surface area contributed by atoms with E-state index in [0.29, 0.717) is 21.7 Å². The van der Waals surface area contributed by atoms with Crippen LogP contribution in [0.25, 0.3) is 0 Å². The molecule has 3 nitrogen and oxygen atoms in total. The van der Waals surface area contributed by atoms with E-state index in [9.17, 15) is 9.18 Å². The summed E-state index contributed by atoms with van der Waals surface area (Å²) < 4.78 is 13.0. The van der Waals surface area contributed by atoms with Crippen molar-refractivity contribution in [2.24, 2.45) is 0 Å². The van der Waals surface area contributed by atoms with Crippen molar-refractivity contribution in [1.82, 2.24) is 0 Å². The topological polar surface area (TPSA) is 49.3 Å². The molecular weight excluding hydrogens is 277 g/mol. The molecule has 1 aromatic heterocycles. The molecule has 0 unspecified atom stereocenters. The van der Waals surface area contributed by atoms with Gasteiger partial charge in [-0.25, -0.2) is 4.39 Å². The fraction of sp³-hybridized carbons (Fsp3) is 0.133. The molecule has 1 amide bonds. The number of aliphatic hydroxyl groups is 1. The fourth-order valence-corrected chi connectivity index (χ4v) is 2.36. The summed E-state index contributed by atoms with van der Waals surface area (Å²) in [6.07, 6.45) is 0. The van der Waals surface area contributed by atoms with Gasteiger partial charge < -0.3 is 10.4 Å². The molecule has 0 aliphatic rings. The second kappa shape index (κ2) is 6.33. The fourth-order valence-electron chi connectivity index (χ4n) is 1.61. The largest absolute Gasteiger partial charge is 0.384 e. The summed E-state index contributed by atoms with van der Waals surface area (Å²) in [6.45, 7) is 1.51. The summed E-state index contributed by atoms with van der Waals surface area (Å²) in [5.74, 6) is 4.66. The van der Waals surface area contributed by atoms with Crippen molar-refractivity contribution in [3.63, 3.8) is 0 Å². The highest BCUT2D eigenvalue weighted by Gasteiger charge is 2.10. The first-order chi connectivity index (χ1) is 9.60. The molecule has 0 bridgehead atoms. The van der Waals surface area contributed by atoms with Gasteiger partial charge in [0.2, 0.25) is 0 Å².